The van der Waals surface area contributed by atoms with Crippen LogP contribution < -0.4 is 10.5 Å². The predicted octanol–water partition coefficient (Wildman–Crippen LogP) is 3.52. The van der Waals surface area contributed by atoms with Gasteiger partial charge in [-0.15, -0.1) is 11.3 Å². The largest absolute Gasteiger partial charge is 0.398 e. The number of anilines is 1. The molecule has 2 rings (SSSR count). The summed E-state index contributed by atoms with van der Waals surface area (Å²) < 4.78 is 28.3. The number of hydrogen-bond donors (Lipinski definition) is 2. The highest BCUT2D eigenvalue weighted by molar-refractivity contribution is 9.10. The van der Waals surface area contributed by atoms with Gasteiger partial charge in [-0.1, -0.05) is 28.9 Å². The van der Waals surface area contributed by atoms with E-state index >= 15 is 0 Å². The minimum Gasteiger partial charge on any atom is -0.398 e. The monoisotopic (exact) mass is 374 g/mol. The van der Waals surface area contributed by atoms with Crippen LogP contribution in [0.25, 0.3) is 0 Å². The lowest BCUT2D eigenvalue weighted by Gasteiger charge is -2.16. The molecule has 7 heteroatoms. The molecule has 1 heterocycles. The van der Waals surface area contributed by atoms with Gasteiger partial charge in [-0.05, 0) is 36.1 Å². The van der Waals surface area contributed by atoms with E-state index in [1.165, 1.54) is 17.4 Å². The van der Waals surface area contributed by atoms with E-state index in [9.17, 15) is 8.42 Å². The van der Waals surface area contributed by atoms with Gasteiger partial charge in [-0.3, -0.25) is 0 Å². The molecule has 0 aliphatic carbocycles. The summed E-state index contributed by atoms with van der Waals surface area (Å²) in [6.45, 7) is 1.94. The Kier molecular flexibility index (Phi) is 4.85. The highest BCUT2D eigenvalue weighted by Gasteiger charge is 2.23. The van der Waals surface area contributed by atoms with Crippen molar-refractivity contribution in [3.8, 4) is 0 Å². The van der Waals surface area contributed by atoms with Crippen LogP contribution in [0.4, 0.5) is 5.69 Å². The molecule has 1 aromatic heterocycles. The van der Waals surface area contributed by atoms with Gasteiger partial charge in [0.25, 0.3) is 0 Å². The number of halogens is 1. The second-order valence-electron chi connectivity index (χ2n) is 4.28. The molecule has 1 atom stereocenters. The molecular formula is C13H15BrN2O2S2. The van der Waals surface area contributed by atoms with Crippen LogP contribution in [-0.4, -0.2) is 8.42 Å². The van der Waals surface area contributed by atoms with E-state index in [0.29, 0.717) is 10.9 Å². The SMILES string of the molecule is CCC(NS(=O)(=O)c1cc(Br)ccc1N)c1cccs1. The van der Waals surface area contributed by atoms with E-state index in [-0.39, 0.29) is 16.6 Å². The summed E-state index contributed by atoms with van der Waals surface area (Å²) in [5.41, 5.74) is 6.01. The van der Waals surface area contributed by atoms with Gasteiger partial charge in [-0.25, -0.2) is 13.1 Å². The molecule has 0 radical (unpaired) electrons. The van der Waals surface area contributed by atoms with E-state index in [0.717, 1.165) is 4.88 Å². The first kappa shape index (κ1) is 15.5. The number of benzene rings is 1. The summed E-state index contributed by atoms with van der Waals surface area (Å²) in [4.78, 5) is 1.09. The average molecular weight is 375 g/mol. The number of thiophene rings is 1. The van der Waals surface area contributed by atoms with Crippen molar-refractivity contribution in [3.63, 3.8) is 0 Å². The highest BCUT2D eigenvalue weighted by atomic mass is 79.9. The third-order valence-corrected chi connectivity index (χ3v) is 5.86. The molecule has 20 heavy (non-hydrogen) atoms. The molecule has 0 bridgehead atoms. The predicted molar refractivity (Wildman–Crippen MR) is 86.2 cm³/mol. The van der Waals surface area contributed by atoms with Crippen LogP contribution >= 0.6 is 27.3 Å². The van der Waals surface area contributed by atoms with Crippen molar-refractivity contribution in [2.45, 2.75) is 24.3 Å². The Balaban J connectivity index is 2.33. The standard InChI is InChI=1S/C13H15BrN2O2S2/c1-2-11(12-4-3-7-19-12)16-20(17,18)13-8-9(14)5-6-10(13)15/h3-8,11,16H,2,15H2,1H3. The van der Waals surface area contributed by atoms with Gasteiger partial charge >= 0.3 is 0 Å². The fourth-order valence-electron chi connectivity index (χ4n) is 1.82. The van der Waals surface area contributed by atoms with Gasteiger partial charge in [0.05, 0.1) is 11.7 Å². The molecule has 1 aromatic carbocycles. The number of rotatable bonds is 5. The molecule has 0 saturated heterocycles. The van der Waals surface area contributed by atoms with E-state index in [1.54, 1.807) is 12.1 Å². The molecule has 0 fully saturated rings. The average Bonchev–Trinajstić information content (AvgIpc) is 2.92. The van der Waals surface area contributed by atoms with Gasteiger partial charge in [0.2, 0.25) is 10.0 Å². The molecule has 2 aromatic rings. The normalized spacial score (nSPS) is 13.3. The van der Waals surface area contributed by atoms with Crippen LogP contribution in [0, 0.1) is 0 Å². The molecule has 0 spiro atoms. The zero-order valence-corrected chi connectivity index (χ0v) is 14.1. The fraction of sp³-hybridized carbons (Fsp3) is 0.231. The lowest BCUT2D eigenvalue weighted by Crippen LogP contribution is -2.28. The molecule has 0 amide bonds. The summed E-state index contributed by atoms with van der Waals surface area (Å²) in [6, 6.07) is 8.39. The van der Waals surface area contributed by atoms with E-state index < -0.39 is 10.0 Å². The number of sulfonamides is 1. The lowest BCUT2D eigenvalue weighted by molar-refractivity contribution is 0.553. The van der Waals surface area contributed by atoms with E-state index in [2.05, 4.69) is 20.7 Å². The Hall–Kier alpha value is -0.890. The Bertz CT molecular complexity index is 684. The van der Waals surface area contributed by atoms with Gasteiger partial charge in [0, 0.05) is 9.35 Å². The first-order valence-corrected chi connectivity index (χ1v) is 9.20. The Morgan fingerprint density at radius 1 is 1.40 bits per heavy atom. The smallest absolute Gasteiger partial charge is 0.243 e. The maximum atomic E-state index is 12.5. The zero-order valence-electron chi connectivity index (χ0n) is 10.8. The van der Waals surface area contributed by atoms with Crippen molar-refractivity contribution in [1.82, 2.24) is 4.72 Å². The van der Waals surface area contributed by atoms with Crippen molar-refractivity contribution in [1.29, 1.82) is 0 Å². The Labute approximate surface area is 131 Å². The summed E-state index contributed by atoms with van der Waals surface area (Å²) in [5.74, 6) is 0. The first-order valence-electron chi connectivity index (χ1n) is 6.05. The van der Waals surface area contributed by atoms with Crippen LogP contribution in [0.1, 0.15) is 24.3 Å². The number of hydrogen-bond acceptors (Lipinski definition) is 4. The van der Waals surface area contributed by atoms with Crippen LogP contribution in [0.2, 0.25) is 0 Å². The fourth-order valence-corrected chi connectivity index (χ4v) is 4.73. The maximum absolute atomic E-state index is 12.5. The summed E-state index contributed by atoms with van der Waals surface area (Å²) in [6.07, 6.45) is 0.674. The Morgan fingerprint density at radius 2 is 2.15 bits per heavy atom. The minimum atomic E-state index is -3.65. The summed E-state index contributed by atoms with van der Waals surface area (Å²) in [5, 5.41) is 1.93. The van der Waals surface area contributed by atoms with Crippen molar-refractivity contribution in [3.05, 3.63) is 45.1 Å². The quantitative estimate of drug-likeness (QED) is 0.786. The van der Waals surface area contributed by atoms with E-state index in [1.807, 2.05) is 24.4 Å². The molecule has 0 aliphatic rings. The minimum absolute atomic E-state index is 0.0990. The zero-order chi connectivity index (χ0) is 14.8. The molecule has 1 unspecified atom stereocenters. The van der Waals surface area contributed by atoms with Crippen LogP contribution in [-0.2, 0) is 10.0 Å². The van der Waals surface area contributed by atoms with Gasteiger partial charge < -0.3 is 5.73 Å². The molecule has 3 N–H and O–H groups in total. The van der Waals surface area contributed by atoms with Crippen molar-refractivity contribution < 1.29 is 8.42 Å². The van der Waals surface area contributed by atoms with Crippen molar-refractivity contribution >= 4 is 43.0 Å². The van der Waals surface area contributed by atoms with Gasteiger partial charge in [-0.2, -0.15) is 0 Å². The van der Waals surface area contributed by atoms with Crippen molar-refractivity contribution in [2.75, 3.05) is 5.73 Å². The summed E-state index contributed by atoms with van der Waals surface area (Å²) in [7, 11) is -3.65. The molecule has 0 aliphatic heterocycles. The second-order valence-corrected chi connectivity index (χ2v) is 7.86. The lowest BCUT2D eigenvalue weighted by atomic mass is 10.2. The third kappa shape index (κ3) is 3.41. The van der Waals surface area contributed by atoms with Crippen LogP contribution in [0.5, 0.6) is 0 Å². The molecule has 108 valence electrons. The topological polar surface area (TPSA) is 72.2 Å². The number of nitrogens with one attached hydrogen (secondary N) is 1. The first-order chi connectivity index (χ1) is 9.44. The highest BCUT2D eigenvalue weighted by Crippen LogP contribution is 2.27. The number of nitrogens with two attached hydrogens (primary N) is 1. The molecule has 4 nitrogen and oxygen atoms in total. The summed E-state index contributed by atoms with van der Waals surface area (Å²) >= 11 is 4.80. The van der Waals surface area contributed by atoms with E-state index in [4.69, 9.17) is 5.73 Å². The molecular weight excluding hydrogens is 360 g/mol. The van der Waals surface area contributed by atoms with Gasteiger partial charge in [0.1, 0.15) is 4.90 Å². The second kappa shape index (κ2) is 6.26. The third-order valence-electron chi connectivity index (χ3n) is 2.86. The van der Waals surface area contributed by atoms with Crippen LogP contribution in [0.3, 0.4) is 0 Å². The maximum Gasteiger partial charge on any atom is 0.243 e. The number of nitrogen functional groups attached to an aromatic ring is 1. The van der Waals surface area contributed by atoms with Gasteiger partial charge in [0.15, 0.2) is 0 Å². The molecule has 0 saturated carbocycles. The Morgan fingerprint density at radius 3 is 2.75 bits per heavy atom. The van der Waals surface area contributed by atoms with Crippen LogP contribution in [0.15, 0.2) is 45.1 Å². The van der Waals surface area contributed by atoms with Crippen molar-refractivity contribution in [2.24, 2.45) is 0 Å².